The number of rotatable bonds is 3. The van der Waals surface area contributed by atoms with Crippen molar-refractivity contribution in [1.29, 1.82) is 0 Å². The summed E-state index contributed by atoms with van der Waals surface area (Å²) in [5, 5.41) is 0. The normalized spacial score (nSPS) is 16.2. The second-order valence-electron chi connectivity index (χ2n) is 5.39. The fraction of sp³-hybridized carbons (Fsp3) is 0.667. The summed E-state index contributed by atoms with van der Waals surface area (Å²) in [7, 11) is 0. The highest BCUT2D eigenvalue weighted by Gasteiger charge is 2.28. The van der Waals surface area contributed by atoms with E-state index in [4.69, 9.17) is 0 Å². The van der Waals surface area contributed by atoms with Crippen LogP contribution in [0.2, 0.25) is 0 Å². The molecule has 1 aromatic heterocycles. The molecule has 1 N–H and O–H groups in total. The van der Waals surface area contributed by atoms with Crippen molar-refractivity contribution >= 4 is 34.4 Å². The topological polar surface area (TPSA) is 45.8 Å². The van der Waals surface area contributed by atoms with Crippen LogP contribution in [0.15, 0.2) is 4.79 Å². The maximum atomic E-state index is 11.8. The van der Waals surface area contributed by atoms with Crippen molar-refractivity contribution in [1.82, 2.24) is 9.97 Å². The molecule has 0 unspecified atom stereocenters. The van der Waals surface area contributed by atoms with E-state index >= 15 is 0 Å². The molecule has 1 aromatic rings. The lowest BCUT2D eigenvalue weighted by atomic mass is 10.3. The molecular formula is C12H17IN2OS. The van der Waals surface area contributed by atoms with Gasteiger partial charge in [0.05, 0.1) is 15.0 Å². The van der Waals surface area contributed by atoms with Gasteiger partial charge in [-0.25, -0.2) is 4.98 Å². The summed E-state index contributed by atoms with van der Waals surface area (Å²) in [5.74, 6) is 2.12. The van der Waals surface area contributed by atoms with Gasteiger partial charge in [-0.3, -0.25) is 4.79 Å². The number of nitrogens with zero attached hydrogens (tertiary/aromatic N) is 1. The lowest BCUT2D eigenvalue weighted by Gasteiger charge is -2.17. The van der Waals surface area contributed by atoms with Crippen LogP contribution >= 0.6 is 34.4 Å². The van der Waals surface area contributed by atoms with E-state index < -0.39 is 0 Å². The minimum Gasteiger partial charge on any atom is -0.309 e. The number of thioether (sulfide) groups is 1. The zero-order chi connectivity index (χ0) is 12.6. The van der Waals surface area contributed by atoms with Gasteiger partial charge in [0, 0.05) is 10.7 Å². The number of H-pyrrole nitrogens is 1. The van der Waals surface area contributed by atoms with E-state index in [1.54, 1.807) is 11.8 Å². The molecule has 17 heavy (non-hydrogen) atoms. The molecule has 0 saturated heterocycles. The second-order valence-corrected chi connectivity index (χ2v) is 8.27. The lowest BCUT2D eigenvalue weighted by Crippen LogP contribution is -2.18. The van der Waals surface area contributed by atoms with Crippen LogP contribution in [0.5, 0.6) is 0 Å². The van der Waals surface area contributed by atoms with Crippen molar-refractivity contribution in [2.24, 2.45) is 0 Å². The van der Waals surface area contributed by atoms with E-state index in [2.05, 4.69) is 53.3 Å². The highest BCUT2D eigenvalue weighted by Crippen LogP contribution is 2.40. The highest BCUT2D eigenvalue weighted by atomic mass is 127. The van der Waals surface area contributed by atoms with Crippen molar-refractivity contribution in [2.75, 3.05) is 0 Å². The van der Waals surface area contributed by atoms with Gasteiger partial charge in [-0.05, 0) is 35.4 Å². The molecule has 2 rings (SSSR count). The third-order valence-corrected chi connectivity index (χ3v) is 4.87. The Morgan fingerprint density at radius 1 is 1.47 bits per heavy atom. The second kappa shape index (κ2) is 4.91. The summed E-state index contributed by atoms with van der Waals surface area (Å²) in [6.07, 6.45) is 2.36. The third kappa shape index (κ3) is 3.71. The summed E-state index contributed by atoms with van der Waals surface area (Å²) in [6, 6.07) is 0. The summed E-state index contributed by atoms with van der Waals surface area (Å²) in [5.41, 5.74) is 1.03. The van der Waals surface area contributed by atoms with Crippen molar-refractivity contribution in [3.8, 4) is 0 Å². The molecule has 1 heterocycles. The average Bonchev–Trinajstić information content (AvgIpc) is 3.02. The first-order valence-corrected chi connectivity index (χ1v) is 7.86. The van der Waals surface area contributed by atoms with Crippen LogP contribution in [0.1, 0.15) is 51.0 Å². The number of halogens is 1. The molecule has 1 aliphatic rings. The zero-order valence-corrected chi connectivity index (χ0v) is 13.3. The van der Waals surface area contributed by atoms with Crippen LogP contribution in [-0.2, 0) is 5.75 Å². The Balaban J connectivity index is 2.21. The van der Waals surface area contributed by atoms with Gasteiger partial charge in [0.15, 0.2) is 0 Å². The van der Waals surface area contributed by atoms with Gasteiger partial charge in [-0.15, -0.1) is 11.8 Å². The first kappa shape index (κ1) is 13.4. The van der Waals surface area contributed by atoms with E-state index in [1.807, 2.05) is 0 Å². The first-order chi connectivity index (χ1) is 7.87. The fourth-order valence-electron chi connectivity index (χ4n) is 1.51. The highest BCUT2D eigenvalue weighted by molar-refractivity contribution is 14.1. The van der Waals surface area contributed by atoms with Crippen LogP contribution in [-0.4, -0.2) is 14.7 Å². The molecular weight excluding hydrogens is 347 g/mol. The molecule has 94 valence electrons. The molecule has 0 aliphatic heterocycles. The first-order valence-electron chi connectivity index (χ1n) is 5.79. The molecule has 1 aliphatic carbocycles. The van der Waals surface area contributed by atoms with Crippen LogP contribution in [0, 0.1) is 3.57 Å². The maximum absolute atomic E-state index is 11.8. The number of hydrogen-bond donors (Lipinski definition) is 1. The van der Waals surface area contributed by atoms with E-state index in [-0.39, 0.29) is 10.3 Å². The zero-order valence-electron chi connectivity index (χ0n) is 10.3. The van der Waals surface area contributed by atoms with Gasteiger partial charge in [0.25, 0.3) is 5.56 Å². The molecule has 3 nitrogen and oxygen atoms in total. The Morgan fingerprint density at radius 3 is 2.65 bits per heavy atom. The minimum atomic E-state index is 0.0204. The minimum absolute atomic E-state index is 0.0204. The summed E-state index contributed by atoms with van der Waals surface area (Å²) in [4.78, 5) is 19.3. The van der Waals surface area contributed by atoms with Gasteiger partial charge < -0.3 is 4.98 Å². The van der Waals surface area contributed by atoms with Gasteiger partial charge in [0.1, 0.15) is 5.82 Å². The monoisotopic (exact) mass is 364 g/mol. The van der Waals surface area contributed by atoms with Crippen LogP contribution in [0.3, 0.4) is 0 Å². The molecule has 1 saturated carbocycles. The molecule has 5 heteroatoms. The van der Waals surface area contributed by atoms with E-state index in [9.17, 15) is 4.79 Å². The van der Waals surface area contributed by atoms with Crippen molar-refractivity contribution in [2.45, 2.75) is 50.0 Å². The molecule has 0 radical (unpaired) electrons. The Morgan fingerprint density at radius 2 is 2.12 bits per heavy atom. The Bertz CT molecular complexity index is 474. The summed E-state index contributed by atoms with van der Waals surface area (Å²) < 4.78 is 0.969. The third-order valence-electron chi connectivity index (χ3n) is 2.54. The Hall–Kier alpha value is -0.0400. The summed E-state index contributed by atoms with van der Waals surface area (Å²) >= 11 is 3.92. The average molecular weight is 364 g/mol. The molecule has 1 fully saturated rings. The predicted molar refractivity (Wildman–Crippen MR) is 80.6 cm³/mol. The van der Waals surface area contributed by atoms with E-state index in [1.165, 1.54) is 12.8 Å². The lowest BCUT2D eigenvalue weighted by molar-refractivity contribution is 0.798. The van der Waals surface area contributed by atoms with Crippen LogP contribution in [0.4, 0.5) is 0 Å². The number of aromatic amines is 1. The molecule has 0 bridgehead atoms. The SMILES string of the molecule is CC(C)(C)SCc1nc(C2CC2)c(I)c(=O)[nH]1. The van der Waals surface area contributed by atoms with Crippen LogP contribution in [0.25, 0.3) is 0 Å². The van der Waals surface area contributed by atoms with Crippen molar-refractivity contribution < 1.29 is 0 Å². The van der Waals surface area contributed by atoms with E-state index in [0.717, 1.165) is 20.8 Å². The molecule has 0 spiro atoms. The molecule has 0 amide bonds. The largest absolute Gasteiger partial charge is 0.309 e. The smallest absolute Gasteiger partial charge is 0.264 e. The summed E-state index contributed by atoms with van der Waals surface area (Å²) in [6.45, 7) is 6.51. The van der Waals surface area contributed by atoms with Gasteiger partial charge >= 0.3 is 0 Å². The number of hydrogen-bond acceptors (Lipinski definition) is 3. The molecule has 0 aromatic carbocycles. The number of nitrogens with one attached hydrogen (secondary N) is 1. The standard InChI is InChI=1S/C12H17IN2OS/c1-12(2,3)17-6-8-14-10(7-4-5-7)9(13)11(16)15-8/h7H,4-6H2,1-3H3,(H,14,15,16). The Labute approximate surface area is 119 Å². The quantitative estimate of drug-likeness (QED) is 0.838. The van der Waals surface area contributed by atoms with E-state index in [0.29, 0.717) is 5.92 Å². The fourth-order valence-corrected chi connectivity index (χ4v) is 2.91. The van der Waals surface area contributed by atoms with Gasteiger partial charge in [0.2, 0.25) is 0 Å². The van der Waals surface area contributed by atoms with Crippen molar-refractivity contribution in [3.05, 3.63) is 25.4 Å². The van der Waals surface area contributed by atoms with Gasteiger partial charge in [-0.2, -0.15) is 0 Å². The molecule has 0 atom stereocenters. The number of aromatic nitrogens is 2. The van der Waals surface area contributed by atoms with Crippen LogP contribution < -0.4 is 5.56 Å². The van der Waals surface area contributed by atoms with Gasteiger partial charge in [-0.1, -0.05) is 20.8 Å². The Kier molecular flexibility index (Phi) is 3.87. The van der Waals surface area contributed by atoms with Crippen molar-refractivity contribution in [3.63, 3.8) is 0 Å². The predicted octanol–water partition coefficient (Wildman–Crippen LogP) is 3.28. The maximum Gasteiger partial charge on any atom is 0.264 e.